The largest absolute Gasteiger partial charge is 0.488 e. The van der Waals surface area contributed by atoms with Gasteiger partial charge < -0.3 is 4.74 Å². The average molecular weight is 268 g/mol. The molecular formula is C18H20O2. The SMILES string of the molecule is CC(C)(C)c1cccc(C=O)c1OCc1ccccc1. The number of aldehydes is 1. The highest BCUT2D eigenvalue weighted by Gasteiger charge is 2.21. The van der Waals surface area contributed by atoms with Crippen molar-refractivity contribution in [3.05, 3.63) is 65.2 Å². The van der Waals surface area contributed by atoms with Gasteiger partial charge in [-0.2, -0.15) is 0 Å². The minimum absolute atomic E-state index is 0.0644. The average Bonchev–Trinajstić information content (AvgIpc) is 2.44. The fraction of sp³-hybridized carbons (Fsp3) is 0.278. The summed E-state index contributed by atoms with van der Waals surface area (Å²) in [4.78, 5) is 11.2. The van der Waals surface area contributed by atoms with Crippen LogP contribution in [0.1, 0.15) is 42.3 Å². The summed E-state index contributed by atoms with van der Waals surface area (Å²) in [5.74, 6) is 0.693. The first-order valence-electron chi connectivity index (χ1n) is 6.78. The van der Waals surface area contributed by atoms with Crippen LogP contribution in [0.25, 0.3) is 0 Å². The molecule has 0 atom stereocenters. The van der Waals surface area contributed by atoms with Crippen LogP contribution in [0.5, 0.6) is 5.75 Å². The first kappa shape index (κ1) is 14.3. The Hall–Kier alpha value is -2.09. The zero-order chi connectivity index (χ0) is 14.6. The molecule has 2 aromatic rings. The van der Waals surface area contributed by atoms with Crippen LogP contribution in [0.4, 0.5) is 0 Å². The number of carbonyl (C=O) groups excluding carboxylic acids is 1. The second-order valence-electron chi connectivity index (χ2n) is 5.87. The predicted molar refractivity (Wildman–Crippen MR) is 81.3 cm³/mol. The monoisotopic (exact) mass is 268 g/mol. The molecule has 2 aromatic carbocycles. The minimum atomic E-state index is -0.0644. The van der Waals surface area contributed by atoms with Crippen molar-refractivity contribution in [1.82, 2.24) is 0 Å². The minimum Gasteiger partial charge on any atom is -0.488 e. The number of benzene rings is 2. The maximum atomic E-state index is 11.2. The van der Waals surface area contributed by atoms with Gasteiger partial charge in [0.05, 0.1) is 5.56 Å². The number of hydrogen-bond acceptors (Lipinski definition) is 2. The number of ether oxygens (including phenoxy) is 1. The molecule has 0 amide bonds. The molecule has 0 spiro atoms. The normalized spacial score (nSPS) is 11.2. The summed E-state index contributed by atoms with van der Waals surface area (Å²) in [6, 6.07) is 15.7. The molecule has 2 rings (SSSR count). The lowest BCUT2D eigenvalue weighted by molar-refractivity contribution is 0.111. The molecule has 2 heteroatoms. The van der Waals surface area contributed by atoms with Crippen LogP contribution < -0.4 is 4.74 Å². The van der Waals surface area contributed by atoms with Crippen molar-refractivity contribution < 1.29 is 9.53 Å². The third kappa shape index (κ3) is 3.27. The van der Waals surface area contributed by atoms with Gasteiger partial charge in [-0.1, -0.05) is 63.2 Å². The molecule has 0 aliphatic carbocycles. The van der Waals surface area contributed by atoms with Crippen LogP contribution in [-0.2, 0) is 12.0 Å². The zero-order valence-corrected chi connectivity index (χ0v) is 12.2. The summed E-state index contributed by atoms with van der Waals surface area (Å²) in [5.41, 5.74) is 2.69. The molecule has 0 saturated heterocycles. The molecule has 0 fully saturated rings. The second kappa shape index (κ2) is 5.91. The highest BCUT2D eigenvalue weighted by Crippen LogP contribution is 2.33. The van der Waals surface area contributed by atoms with Crippen molar-refractivity contribution in [2.75, 3.05) is 0 Å². The van der Waals surface area contributed by atoms with Gasteiger partial charge in [0.1, 0.15) is 12.4 Å². The Morgan fingerprint density at radius 1 is 1.00 bits per heavy atom. The molecule has 0 aliphatic heterocycles. The van der Waals surface area contributed by atoms with E-state index in [4.69, 9.17) is 4.74 Å². The van der Waals surface area contributed by atoms with Crippen LogP contribution in [0, 0.1) is 0 Å². The van der Waals surface area contributed by atoms with Crippen LogP contribution in [0.2, 0.25) is 0 Å². The van der Waals surface area contributed by atoms with Gasteiger partial charge in [0.25, 0.3) is 0 Å². The van der Waals surface area contributed by atoms with E-state index >= 15 is 0 Å². The lowest BCUT2D eigenvalue weighted by Crippen LogP contribution is -2.14. The number of rotatable bonds is 4. The highest BCUT2D eigenvalue weighted by atomic mass is 16.5. The van der Waals surface area contributed by atoms with Gasteiger partial charge in [-0.05, 0) is 17.0 Å². The lowest BCUT2D eigenvalue weighted by atomic mass is 9.85. The molecular weight excluding hydrogens is 248 g/mol. The quantitative estimate of drug-likeness (QED) is 0.769. The molecule has 0 radical (unpaired) electrons. The van der Waals surface area contributed by atoms with Crippen molar-refractivity contribution in [2.24, 2.45) is 0 Å². The van der Waals surface area contributed by atoms with Crippen molar-refractivity contribution >= 4 is 6.29 Å². The van der Waals surface area contributed by atoms with E-state index in [0.29, 0.717) is 17.9 Å². The van der Waals surface area contributed by atoms with E-state index in [1.807, 2.05) is 42.5 Å². The van der Waals surface area contributed by atoms with Crippen LogP contribution >= 0.6 is 0 Å². The standard InChI is InChI=1S/C18H20O2/c1-18(2,3)16-11-7-10-15(12-19)17(16)20-13-14-8-5-4-6-9-14/h4-12H,13H2,1-3H3. The fourth-order valence-electron chi connectivity index (χ4n) is 2.13. The predicted octanol–water partition coefficient (Wildman–Crippen LogP) is 4.38. The van der Waals surface area contributed by atoms with Crippen molar-refractivity contribution in [3.63, 3.8) is 0 Å². The Labute approximate surface area is 120 Å². The first-order chi connectivity index (χ1) is 9.52. The molecule has 0 aromatic heterocycles. The zero-order valence-electron chi connectivity index (χ0n) is 12.2. The summed E-state index contributed by atoms with van der Waals surface area (Å²) in [6.07, 6.45) is 0.857. The molecule has 0 unspecified atom stereocenters. The van der Waals surface area contributed by atoms with Gasteiger partial charge in [-0.15, -0.1) is 0 Å². The van der Waals surface area contributed by atoms with E-state index in [1.54, 1.807) is 6.07 Å². The molecule has 0 saturated carbocycles. The number of para-hydroxylation sites is 1. The second-order valence-corrected chi connectivity index (χ2v) is 5.87. The van der Waals surface area contributed by atoms with Crippen molar-refractivity contribution in [3.8, 4) is 5.75 Å². The van der Waals surface area contributed by atoms with E-state index in [2.05, 4.69) is 20.8 Å². The van der Waals surface area contributed by atoms with Gasteiger partial charge in [0.15, 0.2) is 6.29 Å². The van der Waals surface area contributed by atoms with Gasteiger partial charge >= 0.3 is 0 Å². The van der Waals surface area contributed by atoms with E-state index in [9.17, 15) is 4.79 Å². The Balaban J connectivity index is 2.32. The fourth-order valence-corrected chi connectivity index (χ4v) is 2.13. The topological polar surface area (TPSA) is 26.3 Å². The first-order valence-corrected chi connectivity index (χ1v) is 6.78. The third-order valence-electron chi connectivity index (χ3n) is 3.21. The maximum Gasteiger partial charge on any atom is 0.153 e. The molecule has 0 heterocycles. The van der Waals surface area contributed by atoms with Crippen molar-refractivity contribution in [2.45, 2.75) is 32.8 Å². The smallest absolute Gasteiger partial charge is 0.153 e. The van der Waals surface area contributed by atoms with Gasteiger partial charge in [0.2, 0.25) is 0 Å². The molecule has 0 N–H and O–H groups in total. The number of hydrogen-bond donors (Lipinski definition) is 0. The highest BCUT2D eigenvalue weighted by molar-refractivity contribution is 5.80. The van der Waals surface area contributed by atoms with Gasteiger partial charge in [-0.25, -0.2) is 0 Å². The van der Waals surface area contributed by atoms with Gasteiger partial charge in [-0.3, -0.25) is 4.79 Å². The lowest BCUT2D eigenvalue weighted by Gasteiger charge is -2.23. The summed E-state index contributed by atoms with van der Waals surface area (Å²) >= 11 is 0. The third-order valence-corrected chi connectivity index (χ3v) is 3.21. The summed E-state index contributed by atoms with van der Waals surface area (Å²) in [5, 5.41) is 0. The molecule has 104 valence electrons. The van der Waals surface area contributed by atoms with E-state index < -0.39 is 0 Å². The molecule has 2 nitrogen and oxygen atoms in total. The van der Waals surface area contributed by atoms with E-state index in [1.165, 1.54) is 0 Å². The van der Waals surface area contributed by atoms with E-state index in [-0.39, 0.29) is 5.41 Å². The summed E-state index contributed by atoms with van der Waals surface area (Å²) in [7, 11) is 0. The summed E-state index contributed by atoms with van der Waals surface area (Å²) in [6.45, 7) is 6.82. The molecule has 0 aliphatic rings. The van der Waals surface area contributed by atoms with Crippen molar-refractivity contribution in [1.29, 1.82) is 0 Å². The Bertz CT molecular complexity index is 580. The maximum absolute atomic E-state index is 11.2. The Morgan fingerprint density at radius 3 is 2.30 bits per heavy atom. The Kier molecular flexibility index (Phi) is 4.23. The van der Waals surface area contributed by atoms with E-state index in [0.717, 1.165) is 17.4 Å². The Morgan fingerprint density at radius 2 is 1.70 bits per heavy atom. The number of carbonyl (C=O) groups is 1. The molecule has 20 heavy (non-hydrogen) atoms. The van der Waals surface area contributed by atoms with Crippen LogP contribution in [0.15, 0.2) is 48.5 Å². The van der Waals surface area contributed by atoms with Crippen LogP contribution in [0.3, 0.4) is 0 Å². The summed E-state index contributed by atoms with van der Waals surface area (Å²) < 4.78 is 5.94. The molecule has 0 bridgehead atoms. The van der Waals surface area contributed by atoms with Gasteiger partial charge in [0, 0.05) is 5.56 Å². The van der Waals surface area contributed by atoms with Crippen LogP contribution in [-0.4, -0.2) is 6.29 Å².